The molecule has 0 amide bonds. The number of aryl methyl sites for hydroxylation is 1. The van der Waals surface area contributed by atoms with Crippen LogP contribution in [0.2, 0.25) is 0 Å². The van der Waals surface area contributed by atoms with Gasteiger partial charge < -0.3 is 25.0 Å². The lowest BCUT2D eigenvalue weighted by molar-refractivity contribution is -0.00501. The van der Waals surface area contributed by atoms with Crippen LogP contribution in [0, 0.1) is 12.8 Å². The Bertz CT molecular complexity index is 652. The van der Waals surface area contributed by atoms with Crippen LogP contribution in [0.15, 0.2) is 23.2 Å². The Labute approximate surface area is 177 Å². The van der Waals surface area contributed by atoms with E-state index in [1.165, 1.54) is 5.56 Å². The molecule has 0 saturated carbocycles. The molecular weight excluding hydrogens is 364 g/mol. The lowest BCUT2D eigenvalue weighted by Gasteiger charge is -2.43. The Balaban J connectivity index is 1.95. The molecule has 0 unspecified atom stereocenters. The number of hydrogen-bond donors (Lipinski definition) is 2. The Morgan fingerprint density at radius 2 is 1.97 bits per heavy atom. The lowest BCUT2D eigenvalue weighted by Crippen LogP contribution is -2.57. The molecule has 1 fully saturated rings. The number of ether oxygens (including phenoxy) is 2. The summed E-state index contributed by atoms with van der Waals surface area (Å²) in [5.41, 5.74) is 2.46. The Morgan fingerprint density at radius 1 is 1.24 bits per heavy atom. The number of aliphatic imine (C=N–C) groups is 1. The van der Waals surface area contributed by atoms with Crippen molar-refractivity contribution < 1.29 is 9.47 Å². The van der Waals surface area contributed by atoms with Gasteiger partial charge in [-0.25, -0.2) is 0 Å². The molecule has 29 heavy (non-hydrogen) atoms. The first-order valence-electron chi connectivity index (χ1n) is 10.8. The van der Waals surface area contributed by atoms with E-state index in [0.717, 1.165) is 62.9 Å². The zero-order chi connectivity index (χ0) is 21.3. The lowest BCUT2D eigenvalue weighted by atomic mass is 9.88. The molecule has 0 aliphatic carbocycles. The van der Waals surface area contributed by atoms with Crippen LogP contribution in [0.1, 0.15) is 44.2 Å². The van der Waals surface area contributed by atoms with Crippen LogP contribution in [-0.2, 0) is 11.3 Å². The van der Waals surface area contributed by atoms with E-state index < -0.39 is 0 Å². The first-order chi connectivity index (χ1) is 13.9. The second kappa shape index (κ2) is 11.4. The van der Waals surface area contributed by atoms with Crippen molar-refractivity contribution in [1.82, 2.24) is 15.5 Å². The summed E-state index contributed by atoms with van der Waals surface area (Å²) in [5.74, 6) is 2.41. The minimum atomic E-state index is 0.102. The molecule has 2 N–H and O–H groups in total. The summed E-state index contributed by atoms with van der Waals surface area (Å²) in [5, 5.41) is 6.97. The van der Waals surface area contributed by atoms with Gasteiger partial charge in [-0.3, -0.25) is 4.99 Å². The Morgan fingerprint density at radius 3 is 2.59 bits per heavy atom. The van der Waals surface area contributed by atoms with Gasteiger partial charge in [0.1, 0.15) is 5.75 Å². The third-order valence-corrected chi connectivity index (χ3v) is 5.80. The van der Waals surface area contributed by atoms with E-state index in [2.05, 4.69) is 73.6 Å². The van der Waals surface area contributed by atoms with Crippen molar-refractivity contribution in [2.45, 2.75) is 52.1 Å². The molecular formula is C23H40N4O2. The molecule has 1 heterocycles. The zero-order valence-electron chi connectivity index (χ0n) is 19.2. The SMILES string of the molecule is CN=C(NCc1ccc(C)cc1OCCC(C)C)NCC1(N(C)C)CCOCC1. The fraction of sp³-hybridized carbons (Fsp3) is 0.696. The monoisotopic (exact) mass is 404 g/mol. The summed E-state index contributed by atoms with van der Waals surface area (Å²) in [6.45, 7) is 10.4. The highest BCUT2D eigenvalue weighted by molar-refractivity contribution is 5.79. The normalized spacial score (nSPS) is 16.9. The van der Waals surface area contributed by atoms with Crippen molar-refractivity contribution >= 4 is 5.96 Å². The predicted octanol–water partition coefficient (Wildman–Crippen LogP) is 3.20. The number of rotatable bonds is 9. The number of hydrogen-bond acceptors (Lipinski definition) is 4. The fourth-order valence-electron chi connectivity index (χ4n) is 3.53. The molecule has 0 spiro atoms. The fourth-order valence-corrected chi connectivity index (χ4v) is 3.53. The van der Waals surface area contributed by atoms with Crippen LogP contribution in [0.3, 0.4) is 0 Å². The van der Waals surface area contributed by atoms with Gasteiger partial charge in [-0.1, -0.05) is 26.0 Å². The van der Waals surface area contributed by atoms with Crippen LogP contribution in [0.4, 0.5) is 0 Å². The number of guanidine groups is 1. The summed E-state index contributed by atoms with van der Waals surface area (Å²) in [6.07, 6.45) is 3.10. The van der Waals surface area contributed by atoms with E-state index in [4.69, 9.17) is 9.47 Å². The van der Waals surface area contributed by atoms with Gasteiger partial charge in [-0.2, -0.15) is 0 Å². The largest absolute Gasteiger partial charge is 0.493 e. The Kier molecular flexibility index (Phi) is 9.24. The third-order valence-electron chi connectivity index (χ3n) is 5.80. The van der Waals surface area contributed by atoms with Crippen LogP contribution >= 0.6 is 0 Å². The molecule has 0 atom stereocenters. The van der Waals surface area contributed by atoms with Gasteiger partial charge in [0.25, 0.3) is 0 Å². The first kappa shape index (κ1) is 23.5. The molecule has 0 bridgehead atoms. The minimum Gasteiger partial charge on any atom is -0.493 e. The molecule has 1 aromatic rings. The second-order valence-corrected chi connectivity index (χ2v) is 8.65. The molecule has 1 aliphatic rings. The maximum absolute atomic E-state index is 6.08. The molecule has 6 nitrogen and oxygen atoms in total. The maximum atomic E-state index is 6.08. The highest BCUT2D eigenvalue weighted by atomic mass is 16.5. The summed E-state index contributed by atoms with van der Waals surface area (Å²) < 4.78 is 11.6. The molecule has 0 radical (unpaired) electrons. The average Bonchev–Trinajstić information content (AvgIpc) is 2.69. The van der Waals surface area contributed by atoms with E-state index in [-0.39, 0.29) is 5.54 Å². The Hall–Kier alpha value is -1.79. The molecule has 164 valence electrons. The van der Waals surface area contributed by atoms with Crippen molar-refractivity contribution in [2.24, 2.45) is 10.9 Å². The van der Waals surface area contributed by atoms with Crippen LogP contribution in [-0.4, -0.2) is 63.9 Å². The highest BCUT2D eigenvalue weighted by Gasteiger charge is 2.34. The first-order valence-corrected chi connectivity index (χ1v) is 10.8. The summed E-state index contributed by atoms with van der Waals surface area (Å²) >= 11 is 0. The average molecular weight is 405 g/mol. The summed E-state index contributed by atoms with van der Waals surface area (Å²) in [7, 11) is 6.11. The van der Waals surface area contributed by atoms with Gasteiger partial charge in [0.15, 0.2) is 5.96 Å². The van der Waals surface area contributed by atoms with Crippen molar-refractivity contribution in [3.8, 4) is 5.75 Å². The van der Waals surface area contributed by atoms with Gasteiger partial charge in [0, 0.05) is 44.5 Å². The second-order valence-electron chi connectivity index (χ2n) is 8.65. The number of nitrogens with zero attached hydrogens (tertiary/aromatic N) is 2. The molecule has 0 aromatic heterocycles. The van der Waals surface area contributed by atoms with Gasteiger partial charge >= 0.3 is 0 Å². The maximum Gasteiger partial charge on any atom is 0.191 e. The summed E-state index contributed by atoms with van der Waals surface area (Å²) in [6, 6.07) is 6.39. The van der Waals surface area contributed by atoms with E-state index in [1.54, 1.807) is 0 Å². The molecule has 1 aromatic carbocycles. The van der Waals surface area contributed by atoms with E-state index >= 15 is 0 Å². The van der Waals surface area contributed by atoms with E-state index in [0.29, 0.717) is 12.5 Å². The third kappa shape index (κ3) is 7.19. The van der Waals surface area contributed by atoms with Gasteiger partial charge in [-0.05, 0) is 57.8 Å². The van der Waals surface area contributed by atoms with Crippen LogP contribution in [0.5, 0.6) is 5.75 Å². The highest BCUT2D eigenvalue weighted by Crippen LogP contribution is 2.25. The molecule has 1 saturated heterocycles. The predicted molar refractivity (Wildman–Crippen MR) is 121 cm³/mol. The van der Waals surface area contributed by atoms with Crippen molar-refractivity contribution in [2.75, 3.05) is 47.5 Å². The van der Waals surface area contributed by atoms with Gasteiger partial charge in [-0.15, -0.1) is 0 Å². The van der Waals surface area contributed by atoms with Crippen molar-refractivity contribution in [3.63, 3.8) is 0 Å². The van der Waals surface area contributed by atoms with Gasteiger partial charge in [0.2, 0.25) is 0 Å². The van der Waals surface area contributed by atoms with Crippen LogP contribution < -0.4 is 15.4 Å². The summed E-state index contributed by atoms with van der Waals surface area (Å²) in [4.78, 5) is 6.73. The zero-order valence-corrected chi connectivity index (χ0v) is 19.2. The smallest absolute Gasteiger partial charge is 0.191 e. The van der Waals surface area contributed by atoms with Crippen LogP contribution in [0.25, 0.3) is 0 Å². The number of nitrogens with one attached hydrogen (secondary N) is 2. The minimum absolute atomic E-state index is 0.102. The van der Waals surface area contributed by atoms with Gasteiger partial charge in [0.05, 0.1) is 6.61 Å². The quantitative estimate of drug-likeness (QED) is 0.489. The topological polar surface area (TPSA) is 58.1 Å². The standard InChI is InChI=1S/C23H40N4O2/c1-18(2)9-12-29-21-15-19(3)7-8-20(21)16-25-22(24-4)26-17-23(27(5)6)10-13-28-14-11-23/h7-8,15,18H,9-14,16-17H2,1-6H3,(H2,24,25,26). The van der Waals surface area contributed by atoms with E-state index in [1.807, 2.05) is 7.05 Å². The van der Waals surface area contributed by atoms with E-state index in [9.17, 15) is 0 Å². The number of likely N-dealkylation sites (N-methyl/N-ethyl adjacent to an activating group) is 1. The van der Waals surface area contributed by atoms with Crippen molar-refractivity contribution in [1.29, 1.82) is 0 Å². The number of benzene rings is 1. The van der Waals surface area contributed by atoms with Crippen molar-refractivity contribution in [3.05, 3.63) is 29.3 Å². The molecule has 1 aliphatic heterocycles. The molecule has 6 heteroatoms. The molecule has 2 rings (SSSR count).